The molecule has 0 aromatic heterocycles. The van der Waals surface area contributed by atoms with Crippen LogP contribution in [0.15, 0.2) is 54.6 Å². The standard InChI is InChI=1S/C21H26O3/c1-4-14-21(3,15-5-2)24-19-13-9-12-18(16-19)23-20(22)17-10-7-6-8-11-17/h6-13,16H,4-5,14-15H2,1-3H3. The Labute approximate surface area is 144 Å². The minimum Gasteiger partial charge on any atom is -0.487 e. The molecule has 0 heterocycles. The van der Waals surface area contributed by atoms with E-state index < -0.39 is 0 Å². The minimum atomic E-state index is -0.363. The Balaban J connectivity index is 2.09. The monoisotopic (exact) mass is 326 g/mol. The molecule has 0 bridgehead atoms. The van der Waals surface area contributed by atoms with Gasteiger partial charge in [-0.05, 0) is 44.0 Å². The van der Waals surface area contributed by atoms with Gasteiger partial charge in [-0.1, -0.05) is 51.0 Å². The third-order valence-electron chi connectivity index (χ3n) is 3.95. The van der Waals surface area contributed by atoms with E-state index >= 15 is 0 Å². The number of benzene rings is 2. The van der Waals surface area contributed by atoms with Gasteiger partial charge in [0.15, 0.2) is 0 Å². The van der Waals surface area contributed by atoms with Crippen molar-refractivity contribution in [3.05, 3.63) is 60.2 Å². The van der Waals surface area contributed by atoms with Gasteiger partial charge in [0.25, 0.3) is 0 Å². The van der Waals surface area contributed by atoms with Crippen LogP contribution in [0.5, 0.6) is 11.5 Å². The molecule has 0 saturated heterocycles. The molecule has 0 unspecified atom stereocenters. The van der Waals surface area contributed by atoms with E-state index in [0.717, 1.165) is 31.4 Å². The van der Waals surface area contributed by atoms with E-state index in [9.17, 15) is 4.79 Å². The van der Waals surface area contributed by atoms with Gasteiger partial charge in [-0.25, -0.2) is 4.79 Å². The van der Waals surface area contributed by atoms with Gasteiger partial charge in [0.05, 0.1) is 5.56 Å². The highest BCUT2D eigenvalue weighted by Gasteiger charge is 2.24. The zero-order chi connectivity index (χ0) is 17.4. The lowest BCUT2D eigenvalue weighted by atomic mass is 9.94. The summed E-state index contributed by atoms with van der Waals surface area (Å²) in [4.78, 5) is 12.2. The molecule has 2 aromatic carbocycles. The maximum absolute atomic E-state index is 12.2. The second-order valence-corrected chi connectivity index (χ2v) is 6.28. The molecule has 0 aliphatic rings. The van der Waals surface area contributed by atoms with Crippen LogP contribution in [0.3, 0.4) is 0 Å². The normalized spacial score (nSPS) is 11.1. The molecule has 128 valence electrons. The number of hydrogen-bond donors (Lipinski definition) is 0. The summed E-state index contributed by atoms with van der Waals surface area (Å²) < 4.78 is 11.7. The number of carbonyl (C=O) groups excluding carboxylic acids is 1. The predicted octanol–water partition coefficient (Wildman–Crippen LogP) is 5.64. The van der Waals surface area contributed by atoms with Crippen molar-refractivity contribution in [2.75, 3.05) is 0 Å². The lowest BCUT2D eigenvalue weighted by molar-refractivity contribution is 0.0670. The maximum Gasteiger partial charge on any atom is 0.343 e. The van der Waals surface area contributed by atoms with Gasteiger partial charge >= 0.3 is 5.97 Å². The molecular weight excluding hydrogens is 300 g/mol. The van der Waals surface area contributed by atoms with Crippen LogP contribution >= 0.6 is 0 Å². The van der Waals surface area contributed by atoms with Crippen molar-refractivity contribution in [2.45, 2.75) is 52.1 Å². The van der Waals surface area contributed by atoms with Gasteiger partial charge in [0.2, 0.25) is 0 Å². The fourth-order valence-corrected chi connectivity index (χ4v) is 2.91. The summed E-state index contributed by atoms with van der Waals surface area (Å²) in [5.74, 6) is 0.868. The Morgan fingerprint density at radius 2 is 1.54 bits per heavy atom. The van der Waals surface area contributed by atoms with E-state index in [1.165, 1.54) is 0 Å². The van der Waals surface area contributed by atoms with Crippen molar-refractivity contribution in [1.29, 1.82) is 0 Å². The van der Waals surface area contributed by atoms with E-state index in [1.807, 2.05) is 30.3 Å². The summed E-state index contributed by atoms with van der Waals surface area (Å²) >= 11 is 0. The minimum absolute atomic E-state index is 0.189. The summed E-state index contributed by atoms with van der Waals surface area (Å²) in [7, 11) is 0. The average molecular weight is 326 g/mol. The molecule has 2 rings (SSSR count). The van der Waals surface area contributed by atoms with Crippen LogP contribution in [0, 0.1) is 0 Å². The molecule has 0 aliphatic heterocycles. The Bertz CT molecular complexity index is 643. The SMILES string of the molecule is CCCC(C)(CCC)Oc1cccc(OC(=O)c2ccccc2)c1. The van der Waals surface area contributed by atoms with Crippen molar-refractivity contribution in [3.8, 4) is 11.5 Å². The van der Waals surface area contributed by atoms with Crippen LogP contribution < -0.4 is 9.47 Å². The number of rotatable bonds is 8. The second-order valence-electron chi connectivity index (χ2n) is 6.28. The van der Waals surface area contributed by atoms with E-state index in [0.29, 0.717) is 11.3 Å². The molecule has 0 saturated carbocycles. The van der Waals surface area contributed by atoms with Crippen LogP contribution in [0.4, 0.5) is 0 Å². The largest absolute Gasteiger partial charge is 0.487 e. The first-order valence-corrected chi connectivity index (χ1v) is 8.62. The van der Waals surface area contributed by atoms with Crippen molar-refractivity contribution in [1.82, 2.24) is 0 Å². The van der Waals surface area contributed by atoms with Gasteiger partial charge in [0.1, 0.15) is 17.1 Å². The maximum atomic E-state index is 12.2. The fraction of sp³-hybridized carbons (Fsp3) is 0.381. The summed E-state index contributed by atoms with van der Waals surface area (Å²) in [6.07, 6.45) is 4.13. The molecule has 0 radical (unpaired) electrons. The second kappa shape index (κ2) is 8.53. The molecule has 0 fully saturated rings. The molecule has 0 N–H and O–H groups in total. The van der Waals surface area contributed by atoms with Crippen LogP contribution in [0.2, 0.25) is 0 Å². The quantitative estimate of drug-likeness (QED) is 0.465. The lowest BCUT2D eigenvalue weighted by Crippen LogP contribution is -2.32. The van der Waals surface area contributed by atoms with Gasteiger partial charge in [0, 0.05) is 6.07 Å². The van der Waals surface area contributed by atoms with Gasteiger partial charge < -0.3 is 9.47 Å². The molecular formula is C21H26O3. The van der Waals surface area contributed by atoms with Gasteiger partial charge in [-0.15, -0.1) is 0 Å². The number of carbonyl (C=O) groups is 1. The van der Waals surface area contributed by atoms with Crippen LogP contribution in [0.25, 0.3) is 0 Å². The summed E-state index contributed by atoms with van der Waals surface area (Å²) in [6.45, 7) is 6.47. The van der Waals surface area contributed by atoms with E-state index in [-0.39, 0.29) is 11.6 Å². The first-order chi connectivity index (χ1) is 11.6. The summed E-state index contributed by atoms with van der Waals surface area (Å²) in [6, 6.07) is 16.3. The number of hydrogen-bond acceptors (Lipinski definition) is 3. The molecule has 3 nitrogen and oxygen atoms in total. The van der Waals surface area contributed by atoms with Crippen molar-refractivity contribution in [3.63, 3.8) is 0 Å². The van der Waals surface area contributed by atoms with Gasteiger partial charge in [-0.2, -0.15) is 0 Å². The van der Waals surface area contributed by atoms with E-state index in [2.05, 4.69) is 20.8 Å². The molecule has 0 atom stereocenters. The number of esters is 1. The molecule has 24 heavy (non-hydrogen) atoms. The van der Waals surface area contributed by atoms with Crippen LogP contribution in [-0.2, 0) is 0 Å². The summed E-state index contributed by atoms with van der Waals surface area (Å²) in [5, 5.41) is 0. The van der Waals surface area contributed by atoms with Crippen molar-refractivity contribution < 1.29 is 14.3 Å². The highest BCUT2D eigenvalue weighted by Crippen LogP contribution is 2.29. The highest BCUT2D eigenvalue weighted by atomic mass is 16.5. The van der Waals surface area contributed by atoms with Crippen molar-refractivity contribution in [2.24, 2.45) is 0 Å². The van der Waals surface area contributed by atoms with E-state index in [1.54, 1.807) is 24.3 Å². The Kier molecular flexibility index (Phi) is 6.42. The smallest absolute Gasteiger partial charge is 0.343 e. The third-order valence-corrected chi connectivity index (χ3v) is 3.95. The average Bonchev–Trinajstić information content (AvgIpc) is 2.56. The zero-order valence-corrected chi connectivity index (χ0v) is 14.7. The molecule has 0 aliphatic carbocycles. The first kappa shape index (κ1) is 18.1. The van der Waals surface area contributed by atoms with Gasteiger partial charge in [-0.3, -0.25) is 0 Å². The summed E-state index contributed by atoms with van der Waals surface area (Å²) in [5.41, 5.74) is 0.344. The Hall–Kier alpha value is -2.29. The van der Waals surface area contributed by atoms with Crippen LogP contribution in [-0.4, -0.2) is 11.6 Å². The highest BCUT2D eigenvalue weighted by molar-refractivity contribution is 5.90. The predicted molar refractivity (Wildman–Crippen MR) is 96.7 cm³/mol. The van der Waals surface area contributed by atoms with E-state index in [4.69, 9.17) is 9.47 Å². The number of ether oxygens (including phenoxy) is 2. The lowest BCUT2D eigenvalue weighted by Gasteiger charge is -2.30. The van der Waals surface area contributed by atoms with Crippen molar-refractivity contribution >= 4 is 5.97 Å². The third kappa shape index (κ3) is 5.12. The zero-order valence-electron chi connectivity index (χ0n) is 14.7. The topological polar surface area (TPSA) is 35.5 Å². The fourth-order valence-electron chi connectivity index (χ4n) is 2.91. The molecule has 0 spiro atoms. The molecule has 2 aromatic rings. The molecule has 0 amide bonds. The van der Waals surface area contributed by atoms with Crippen LogP contribution in [0.1, 0.15) is 56.8 Å². The Morgan fingerprint density at radius 3 is 2.17 bits per heavy atom. The Morgan fingerprint density at radius 1 is 0.917 bits per heavy atom. The molecule has 3 heteroatoms. The first-order valence-electron chi connectivity index (χ1n) is 8.62.